The molecule has 0 bridgehead atoms. The summed E-state index contributed by atoms with van der Waals surface area (Å²) >= 11 is 12.1. The first-order chi connectivity index (χ1) is 10.0. The van der Waals surface area contributed by atoms with E-state index in [1.54, 1.807) is 11.0 Å². The van der Waals surface area contributed by atoms with Gasteiger partial charge >= 0.3 is 0 Å². The molecule has 0 N–H and O–H groups in total. The van der Waals surface area contributed by atoms with Crippen LogP contribution in [0.3, 0.4) is 0 Å². The molecule has 2 fully saturated rings. The molecule has 2 aliphatic heterocycles. The number of nitrogens with zero attached hydrogens (tertiary/aromatic N) is 1. The summed E-state index contributed by atoms with van der Waals surface area (Å²) in [6.45, 7) is 0.679. The van der Waals surface area contributed by atoms with Gasteiger partial charge in [0.1, 0.15) is 5.54 Å². The molecular weight excluding hydrogens is 309 g/mol. The van der Waals surface area contributed by atoms with Crippen molar-refractivity contribution < 1.29 is 9.59 Å². The van der Waals surface area contributed by atoms with Crippen molar-refractivity contribution in [2.45, 2.75) is 44.1 Å². The summed E-state index contributed by atoms with van der Waals surface area (Å²) in [7, 11) is 0. The van der Waals surface area contributed by atoms with Crippen LogP contribution in [-0.4, -0.2) is 28.7 Å². The Morgan fingerprint density at radius 1 is 1.05 bits per heavy atom. The van der Waals surface area contributed by atoms with Gasteiger partial charge in [-0.15, -0.1) is 0 Å². The van der Waals surface area contributed by atoms with E-state index >= 15 is 0 Å². The lowest BCUT2D eigenvalue weighted by Gasteiger charge is -2.36. The Morgan fingerprint density at radius 2 is 1.76 bits per heavy atom. The molecule has 2 saturated heterocycles. The van der Waals surface area contributed by atoms with Gasteiger partial charge in [0.05, 0.1) is 0 Å². The highest BCUT2D eigenvalue weighted by Gasteiger charge is 2.49. The van der Waals surface area contributed by atoms with Gasteiger partial charge in [-0.25, -0.2) is 0 Å². The van der Waals surface area contributed by atoms with Gasteiger partial charge in [-0.1, -0.05) is 23.2 Å². The minimum atomic E-state index is -0.679. The Balaban J connectivity index is 1.99. The molecule has 1 atom stereocenters. The third-order valence-corrected chi connectivity index (χ3v) is 4.96. The van der Waals surface area contributed by atoms with Gasteiger partial charge in [-0.05, 0) is 43.0 Å². The summed E-state index contributed by atoms with van der Waals surface area (Å²) in [5.41, 5.74) is 0.240. The first-order valence-electron chi connectivity index (χ1n) is 7.30. The normalized spacial score (nSPS) is 25.9. The maximum atomic E-state index is 12.7. The van der Waals surface area contributed by atoms with Crippen molar-refractivity contribution in [3.63, 3.8) is 0 Å². The van der Waals surface area contributed by atoms with Crippen molar-refractivity contribution in [1.29, 1.82) is 0 Å². The number of halogens is 2. The summed E-state index contributed by atoms with van der Waals surface area (Å²) in [5, 5.41) is 1.12. The van der Waals surface area contributed by atoms with E-state index in [1.807, 2.05) is 12.1 Å². The molecule has 21 heavy (non-hydrogen) atoms. The molecule has 3 rings (SSSR count). The van der Waals surface area contributed by atoms with E-state index in [0.717, 1.165) is 18.4 Å². The van der Waals surface area contributed by atoms with Gasteiger partial charge in [0.2, 0.25) is 5.91 Å². The molecule has 2 heterocycles. The zero-order chi connectivity index (χ0) is 15.0. The number of hydrogen-bond acceptors (Lipinski definition) is 2. The average Bonchev–Trinajstić information content (AvgIpc) is 2.77. The Kier molecular flexibility index (Phi) is 3.98. The summed E-state index contributed by atoms with van der Waals surface area (Å²) in [4.78, 5) is 26.8. The van der Waals surface area contributed by atoms with Gasteiger partial charge in [0, 0.05) is 35.9 Å². The molecule has 0 radical (unpaired) electrons. The zero-order valence-corrected chi connectivity index (χ0v) is 13.2. The predicted molar refractivity (Wildman–Crippen MR) is 82.7 cm³/mol. The zero-order valence-electron chi connectivity index (χ0n) is 11.7. The number of benzene rings is 1. The molecule has 2 aliphatic rings. The van der Waals surface area contributed by atoms with Crippen LogP contribution in [0.1, 0.15) is 37.7 Å². The highest BCUT2D eigenvalue weighted by Crippen LogP contribution is 2.38. The highest BCUT2D eigenvalue weighted by molar-refractivity contribution is 6.34. The van der Waals surface area contributed by atoms with Gasteiger partial charge in [0.15, 0.2) is 5.78 Å². The number of carbonyl (C=O) groups is 2. The van der Waals surface area contributed by atoms with Crippen molar-refractivity contribution in [1.82, 2.24) is 4.90 Å². The molecule has 112 valence electrons. The minimum Gasteiger partial charge on any atom is -0.330 e. The van der Waals surface area contributed by atoms with E-state index in [9.17, 15) is 9.59 Å². The van der Waals surface area contributed by atoms with Crippen LogP contribution in [0.5, 0.6) is 0 Å². The Morgan fingerprint density at radius 3 is 2.48 bits per heavy atom. The third-order valence-electron chi connectivity index (χ3n) is 4.52. The smallest absolute Gasteiger partial charge is 0.223 e. The van der Waals surface area contributed by atoms with E-state index in [2.05, 4.69) is 0 Å². The summed E-state index contributed by atoms with van der Waals surface area (Å²) in [5.74, 6) is 0.286. The Hall–Kier alpha value is -1.06. The maximum absolute atomic E-state index is 12.7. The van der Waals surface area contributed by atoms with Gasteiger partial charge in [0.25, 0.3) is 0 Å². The number of hydrogen-bond donors (Lipinski definition) is 0. The van der Waals surface area contributed by atoms with Crippen LogP contribution < -0.4 is 0 Å². The summed E-state index contributed by atoms with van der Waals surface area (Å²) < 4.78 is 0. The number of Topliss-reactive ketones (excluding diaryl/α,β-unsaturated/α-hetero) is 1. The van der Waals surface area contributed by atoms with Crippen LogP contribution in [-0.2, 0) is 16.0 Å². The number of fused-ring (bicyclic) bond motifs is 1. The number of carbonyl (C=O) groups excluding carboxylic acids is 2. The van der Waals surface area contributed by atoms with Gasteiger partial charge in [-0.3, -0.25) is 9.59 Å². The highest BCUT2D eigenvalue weighted by atomic mass is 35.5. The largest absolute Gasteiger partial charge is 0.330 e. The van der Waals surface area contributed by atoms with Crippen molar-refractivity contribution in [2.24, 2.45) is 0 Å². The van der Waals surface area contributed by atoms with Crippen LogP contribution in [0.15, 0.2) is 18.2 Å². The van der Waals surface area contributed by atoms with Crippen molar-refractivity contribution in [3.05, 3.63) is 33.8 Å². The second-order valence-corrected chi connectivity index (χ2v) is 6.78. The second-order valence-electron chi connectivity index (χ2n) is 5.91. The van der Waals surface area contributed by atoms with Gasteiger partial charge in [-0.2, -0.15) is 0 Å². The molecule has 0 spiro atoms. The molecule has 3 nitrogen and oxygen atoms in total. The first kappa shape index (κ1) is 14.9. The molecule has 1 aromatic carbocycles. The average molecular weight is 326 g/mol. The van der Waals surface area contributed by atoms with Crippen LogP contribution in [0.25, 0.3) is 0 Å². The Labute approximate surface area is 134 Å². The number of rotatable bonds is 2. The second kappa shape index (κ2) is 5.62. The third kappa shape index (κ3) is 2.69. The quantitative estimate of drug-likeness (QED) is 0.832. The van der Waals surface area contributed by atoms with Crippen LogP contribution in [0.2, 0.25) is 10.0 Å². The van der Waals surface area contributed by atoms with E-state index in [0.29, 0.717) is 42.3 Å². The topological polar surface area (TPSA) is 37.4 Å². The van der Waals surface area contributed by atoms with Gasteiger partial charge < -0.3 is 4.90 Å². The fourth-order valence-electron chi connectivity index (χ4n) is 3.63. The maximum Gasteiger partial charge on any atom is 0.223 e. The standard InChI is InChI=1S/C16H17Cl2NO2/c17-12-7-11(8-13(18)9-12)10-16-5-2-6-19(16)15(21)4-1-3-14(16)20/h7-9H,1-6,10H2/t16-/m1/s1. The van der Waals surface area contributed by atoms with E-state index < -0.39 is 5.54 Å². The van der Waals surface area contributed by atoms with Crippen LogP contribution >= 0.6 is 23.2 Å². The minimum absolute atomic E-state index is 0.103. The Bertz CT molecular complexity index is 582. The number of ketones is 1. The molecule has 1 aromatic rings. The lowest BCUT2D eigenvalue weighted by Crippen LogP contribution is -2.53. The molecule has 0 unspecified atom stereocenters. The predicted octanol–water partition coefficient (Wildman–Crippen LogP) is 3.65. The molecule has 5 heteroatoms. The van der Waals surface area contributed by atoms with Crippen molar-refractivity contribution in [2.75, 3.05) is 6.54 Å². The lowest BCUT2D eigenvalue weighted by atomic mass is 9.83. The van der Waals surface area contributed by atoms with E-state index in [4.69, 9.17) is 23.2 Å². The lowest BCUT2D eigenvalue weighted by molar-refractivity contribution is -0.141. The summed E-state index contributed by atoms with van der Waals surface area (Å²) in [6.07, 6.45) is 3.75. The van der Waals surface area contributed by atoms with E-state index in [-0.39, 0.29) is 11.7 Å². The first-order valence-corrected chi connectivity index (χ1v) is 8.06. The molecule has 0 aliphatic carbocycles. The molecule has 1 amide bonds. The monoisotopic (exact) mass is 325 g/mol. The molecule has 0 aromatic heterocycles. The molecular formula is C16H17Cl2NO2. The molecule has 0 saturated carbocycles. The van der Waals surface area contributed by atoms with Crippen LogP contribution in [0.4, 0.5) is 0 Å². The van der Waals surface area contributed by atoms with E-state index in [1.165, 1.54) is 0 Å². The SMILES string of the molecule is O=C1CCCC(=O)[C@]2(Cc3cc(Cl)cc(Cl)c3)CCCN12. The van der Waals surface area contributed by atoms with Crippen molar-refractivity contribution in [3.8, 4) is 0 Å². The van der Waals surface area contributed by atoms with Crippen molar-refractivity contribution >= 4 is 34.9 Å². The number of amides is 1. The summed E-state index contributed by atoms with van der Waals surface area (Å²) in [6, 6.07) is 5.35. The fraction of sp³-hybridized carbons (Fsp3) is 0.500. The fourth-order valence-corrected chi connectivity index (χ4v) is 4.20. The van der Waals surface area contributed by atoms with Crippen LogP contribution in [0, 0.1) is 0 Å².